The molecule has 0 radical (unpaired) electrons. The van der Waals surface area contributed by atoms with Gasteiger partial charge in [-0.25, -0.2) is 0 Å². The van der Waals surface area contributed by atoms with Crippen LogP contribution in [0.3, 0.4) is 0 Å². The van der Waals surface area contributed by atoms with Crippen molar-refractivity contribution < 1.29 is 0 Å². The first-order valence-electron chi connectivity index (χ1n) is 6.54. The van der Waals surface area contributed by atoms with Crippen molar-refractivity contribution in [2.24, 2.45) is 13.0 Å². The molecule has 1 aromatic heterocycles. The fourth-order valence-corrected chi connectivity index (χ4v) is 2.66. The van der Waals surface area contributed by atoms with Crippen molar-refractivity contribution in [1.82, 2.24) is 20.0 Å². The highest BCUT2D eigenvalue weighted by molar-refractivity contribution is 5.04. The van der Waals surface area contributed by atoms with Gasteiger partial charge in [-0.2, -0.15) is 5.10 Å². The SMILES string of the molecule is CC1CN(C)CCC1NCCc1cnn(C)c1. The fraction of sp³-hybridized carbons (Fsp3) is 0.769. The van der Waals surface area contributed by atoms with Gasteiger partial charge < -0.3 is 10.2 Å². The Morgan fingerprint density at radius 3 is 2.94 bits per heavy atom. The van der Waals surface area contributed by atoms with E-state index in [1.54, 1.807) is 0 Å². The van der Waals surface area contributed by atoms with Crippen LogP contribution in [0.1, 0.15) is 18.9 Å². The van der Waals surface area contributed by atoms with E-state index in [-0.39, 0.29) is 0 Å². The number of aromatic nitrogens is 2. The Labute approximate surface area is 104 Å². The minimum Gasteiger partial charge on any atom is -0.313 e. The van der Waals surface area contributed by atoms with Gasteiger partial charge in [0.15, 0.2) is 0 Å². The van der Waals surface area contributed by atoms with Crippen LogP contribution in [0.4, 0.5) is 0 Å². The van der Waals surface area contributed by atoms with Gasteiger partial charge in [-0.1, -0.05) is 6.92 Å². The fourth-order valence-electron chi connectivity index (χ4n) is 2.66. The van der Waals surface area contributed by atoms with Gasteiger partial charge in [0, 0.05) is 25.8 Å². The van der Waals surface area contributed by atoms with E-state index in [2.05, 4.69) is 35.5 Å². The smallest absolute Gasteiger partial charge is 0.0522 e. The lowest BCUT2D eigenvalue weighted by Crippen LogP contribution is -2.47. The molecular weight excluding hydrogens is 212 g/mol. The van der Waals surface area contributed by atoms with Crippen molar-refractivity contribution >= 4 is 0 Å². The van der Waals surface area contributed by atoms with E-state index in [4.69, 9.17) is 0 Å². The van der Waals surface area contributed by atoms with Gasteiger partial charge >= 0.3 is 0 Å². The second kappa shape index (κ2) is 5.65. The third kappa shape index (κ3) is 3.54. The van der Waals surface area contributed by atoms with Gasteiger partial charge in [-0.15, -0.1) is 0 Å². The average molecular weight is 236 g/mol. The quantitative estimate of drug-likeness (QED) is 0.843. The van der Waals surface area contributed by atoms with Crippen molar-refractivity contribution in [3.8, 4) is 0 Å². The van der Waals surface area contributed by atoms with Crippen molar-refractivity contribution in [2.75, 3.05) is 26.7 Å². The number of hydrogen-bond acceptors (Lipinski definition) is 3. The van der Waals surface area contributed by atoms with Crippen molar-refractivity contribution in [3.63, 3.8) is 0 Å². The van der Waals surface area contributed by atoms with E-state index in [1.165, 1.54) is 25.1 Å². The maximum atomic E-state index is 4.19. The Morgan fingerprint density at radius 1 is 1.47 bits per heavy atom. The molecule has 0 saturated carbocycles. The minimum absolute atomic E-state index is 0.683. The van der Waals surface area contributed by atoms with E-state index in [0.29, 0.717) is 6.04 Å². The summed E-state index contributed by atoms with van der Waals surface area (Å²) in [5.41, 5.74) is 1.32. The van der Waals surface area contributed by atoms with Crippen molar-refractivity contribution in [3.05, 3.63) is 18.0 Å². The Hall–Kier alpha value is -0.870. The van der Waals surface area contributed by atoms with Gasteiger partial charge in [-0.3, -0.25) is 4.68 Å². The molecule has 2 rings (SSSR count). The number of piperidine rings is 1. The molecule has 0 aliphatic carbocycles. The summed E-state index contributed by atoms with van der Waals surface area (Å²) >= 11 is 0. The van der Waals surface area contributed by atoms with E-state index in [1.807, 2.05) is 17.9 Å². The molecule has 2 unspecified atom stereocenters. The Bertz CT molecular complexity index is 347. The zero-order valence-corrected chi connectivity index (χ0v) is 11.2. The Kier molecular flexibility index (Phi) is 4.18. The van der Waals surface area contributed by atoms with Crippen LogP contribution in [0.15, 0.2) is 12.4 Å². The second-order valence-electron chi connectivity index (χ2n) is 5.36. The lowest BCUT2D eigenvalue weighted by Gasteiger charge is -2.35. The molecule has 1 saturated heterocycles. The van der Waals surface area contributed by atoms with Gasteiger partial charge in [0.1, 0.15) is 0 Å². The molecule has 0 aromatic carbocycles. The van der Waals surface area contributed by atoms with Crippen LogP contribution >= 0.6 is 0 Å². The Balaban J connectivity index is 1.71. The third-order valence-corrected chi connectivity index (χ3v) is 3.69. The van der Waals surface area contributed by atoms with Crippen LogP contribution in [-0.2, 0) is 13.5 Å². The first-order valence-corrected chi connectivity index (χ1v) is 6.54. The lowest BCUT2D eigenvalue weighted by atomic mass is 9.94. The molecule has 4 nitrogen and oxygen atoms in total. The normalized spacial score (nSPS) is 26.3. The molecule has 0 spiro atoms. The number of hydrogen-bond donors (Lipinski definition) is 1. The maximum absolute atomic E-state index is 4.19. The standard InChI is InChI=1S/C13H24N4/c1-11-9-16(2)7-5-13(11)14-6-4-12-8-15-17(3)10-12/h8,10-11,13-14H,4-7,9H2,1-3H3. The topological polar surface area (TPSA) is 33.1 Å². The van der Waals surface area contributed by atoms with Gasteiger partial charge in [0.25, 0.3) is 0 Å². The highest BCUT2D eigenvalue weighted by Gasteiger charge is 2.23. The minimum atomic E-state index is 0.683. The second-order valence-corrected chi connectivity index (χ2v) is 5.36. The van der Waals surface area contributed by atoms with Crippen molar-refractivity contribution in [2.45, 2.75) is 25.8 Å². The number of nitrogens with one attached hydrogen (secondary N) is 1. The molecule has 1 aliphatic heterocycles. The molecule has 17 heavy (non-hydrogen) atoms. The molecule has 2 atom stereocenters. The van der Waals surface area contributed by atoms with E-state index >= 15 is 0 Å². The van der Waals surface area contributed by atoms with Crippen LogP contribution < -0.4 is 5.32 Å². The molecule has 1 fully saturated rings. The maximum Gasteiger partial charge on any atom is 0.0522 e. The molecule has 1 aliphatic rings. The molecule has 1 N–H and O–H groups in total. The van der Waals surface area contributed by atoms with Gasteiger partial charge in [-0.05, 0) is 44.5 Å². The highest BCUT2D eigenvalue weighted by atomic mass is 15.2. The predicted octanol–water partition coefficient (Wildman–Crippen LogP) is 0.892. The summed E-state index contributed by atoms with van der Waals surface area (Å²) < 4.78 is 1.87. The van der Waals surface area contributed by atoms with Crippen LogP contribution in [0.25, 0.3) is 0 Å². The van der Waals surface area contributed by atoms with Crippen LogP contribution in [-0.4, -0.2) is 47.4 Å². The first kappa shape index (κ1) is 12.6. The summed E-state index contributed by atoms with van der Waals surface area (Å²) in [5, 5.41) is 7.88. The molecule has 0 bridgehead atoms. The third-order valence-electron chi connectivity index (χ3n) is 3.69. The van der Waals surface area contributed by atoms with Crippen LogP contribution in [0, 0.1) is 5.92 Å². The number of likely N-dealkylation sites (tertiary alicyclic amines) is 1. The zero-order chi connectivity index (χ0) is 12.3. The summed E-state index contributed by atoms with van der Waals surface area (Å²) in [6.07, 6.45) is 6.40. The Morgan fingerprint density at radius 2 is 2.29 bits per heavy atom. The monoisotopic (exact) mass is 236 g/mol. The molecular formula is C13H24N4. The first-order chi connectivity index (χ1) is 8.15. The summed E-state index contributed by atoms with van der Waals surface area (Å²) in [5.74, 6) is 0.752. The van der Waals surface area contributed by atoms with E-state index in [0.717, 1.165) is 18.9 Å². The molecule has 0 amide bonds. The number of rotatable bonds is 4. The zero-order valence-electron chi connectivity index (χ0n) is 11.2. The van der Waals surface area contributed by atoms with E-state index < -0.39 is 0 Å². The van der Waals surface area contributed by atoms with Crippen LogP contribution in [0.2, 0.25) is 0 Å². The molecule has 2 heterocycles. The van der Waals surface area contributed by atoms with Crippen LogP contribution in [0.5, 0.6) is 0 Å². The summed E-state index contributed by atoms with van der Waals surface area (Å²) in [6.45, 7) is 5.83. The van der Waals surface area contributed by atoms with Crippen molar-refractivity contribution in [1.29, 1.82) is 0 Å². The highest BCUT2D eigenvalue weighted by Crippen LogP contribution is 2.15. The van der Waals surface area contributed by atoms with E-state index in [9.17, 15) is 0 Å². The lowest BCUT2D eigenvalue weighted by molar-refractivity contribution is 0.176. The predicted molar refractivity (Wildman–Crippen MR) is 70.0 cm³/mol. The molecule has 1 aromatic rings. The summed E-state index contributed by atoms with van der Waals surface area (Å²) in [6, 6.07) is 0.683. The summed E-state index contributed by atoms with van der Waals surface area (Å²) in [4.78, 5) is 2.42. The molecule has 4 heteroatoms. The average Bonchev–Trinajstić information content (AvgIpc) is 2.68. The number of nitrogens with zero attached hydrogens (tertiary/aromatic N) is 3. The van der Waals surface area contributed by atoms with Gasteiger partial charge in [0.05, 0.1) is 6.20 Å². The molecule has 96 valence electrons. The van der Waals surface area contributed by atoms with Gasteiger partial charge in [0.2, 0.25) is 0 Å². The largest absolute Gasteiger partial charge is 0.313 e. The number of aryl methyl sites for hydroxylation is 1. The summed E-state index contributed by atoms with van der Waals surface area (Å²) in [7, 11) is 4.18.